The number of hydrogen-bond acceptors (Lipinski definition) is 2. The highest BCUT2D eigenvalue weighted by molar-refractivity contribution is 5.31. The maximum atomic E-state index is 5.70. The Hall–Kier alpha value is -1.28. The zero-order valence-electron chi connectivity index (χ0n) is 11.6. The predicted molar refractivity (Wildman–Crippen MR) is 75.6 cm³/mol. The van der Waals surface area contributed by atoms with Gasteiger partial charge in [-0.05, 0) is 29.7 Å². The maximum Gasteiger partial charge on any atom is 0.114 e. The Bertz CT molecular complexity index is 406. The second kappa shape index (κ2) is 6.05. The van der Waals surface area contributed by atoms with E-state index in [2.05, 4.69) is 56.4 Å². The highest BCUT2D eigenvalue weighted by Gasteiger charge is 2.19. The third-order valence-electron chi connectivity index (χ3n) is 3.36. The summed E-state index contributed by atoms with van der Waals surface area (Å²) in [6.45, 7) is 8.34. The first-order valence-corrected chi connectivity index (χ1v) is 6.88. The van der Waals surface area contributed by atoms with E-state index in [4.69, 9.17) is 4.74 Å². The number of likely N-dealkylation sites (N-methyl/N-ethyl adjacent to an activating group) is 1. The second-order valence-corrected chi connectivity index (χ2v) is 5.06. The number of nitrogens with one attached hydrogen (secondary N) is 1. The number of benzene rings is 1. The lowest BCUT2D eigenvalue weighted by Crippen LogP contribution is -2.23. The molecule has 1 heterocycles. The molecule has 1 N–H and O–H groups in total. The fourth-order valence-corrected chi connectivity index (χ4v) is 2.30. The van der Waals surface area contributed by atoms with Gasteiger partial charge >= 0.3 is 0 Å². The highest BCUT2D eigenvalue weighted by Crippen LogP contribution is 2.27. The Balaban J connectivity index is 2.19. The highest BCUT2D eigenvalue weighted by atomic mass is 16.5. The summed E-state index contributed by atoms with van der Waals surface area (Å²) in [4.78, 5) is 0. The van der Waals surface area contributed by atoms with Crippen LogP contribution in [0.4, 0.5) is 0 Å². The monoisotopic (exact) mass is 245 g/mol. The Labute approximate surface area is 110 Å². The van der Waals surface area contributed by atoms with E-state index in [9.17, 15) is 0 Å². The molecule has 2 nitrogen and oxygen atoms in total. The van der Waals surface area contributed by atoms with Crippen molar-refractivity contribution in [3.05, 3.63) is 47.2 Å². The van der Waals surface area contributed by atoms with Crippen LogP contribution in [0.15, 0.2) is 36.1 Å². The number of rotatable bonds is 5. The molecule has 0 fully saturated rings. The summed E-state index contributed by atoms with van der Waals surface area (Å²) in [6, 6.07) is 9.08. The second-order valence-electron chi connectivity index (χ2n) is 5.06. The van der Waals surface area contributed by atoms with Crippen LogP contribution in [0.5, 0.6) is 0 Å². The summed E-state index contributed by atoms with van der Waals surface area (Å²) in [6.07, 6.45) is 3.23. The lowest BCUT2D eigenvalue weighted by Gasteiger charge is -2.20. The molecule has 0 aromatic heterocycles. The van der Waals surface area contributed by atoms with E-state index >= 15 is 0 Å². The van der Waals surface area contributed by atoms with Crippen LogP contribution in [0.1, 0.15) is 50.3 Å². The van der Waals surface area contributed by atoms with E-state index in [1.807, 2.05) is 0 Å². The van der Waals surface area contributed by atoms with Crippen molar-refractivity contribution in [2.75, 3.05) is 13.2 Å². The van der Waals surface area contributed by atoms with Crippen molar-refractivity contribution in [2.45, 2.75) is 39.2 Å². The van der Waals surface area contributed by atoms with Gasteiger partial charge in [0.25, 0.3) is 0 Å². The van der Waals surface area contributed by atoms with Crippen molar-refractivity contribution in [3.8, 4) is 0 Å². The molecular formula is C16H23NO. The topological polar surface area (TPSA) is 21.3 Å². The summed E-state index contributed by atoms with van der Waals surface area (Å²) in [7, 11) is 0. The van der Waals surface area contributed by atoms with E-state index in [0.717, 1.165) is 25.3 Å². The normalized spacial score (nSPS) is 16.6. The molecular weight excluding hydrogens is 222 g/mol. The minimum Gasteiger partial charge on any atom is -0.496 e. The Morgan fingerprint density at radius 1 is 1.17 bits per heavy atom. The third-order valence-corrected chi connectivity index (χ3v) is 3.36. The molecule has 1 aromatic rings. The lowest BCUT2D eigenvalue weighted by molar-refractivity contribution is 0.216. The van der Waals surface area contributed by atoms with Crippen molar-refractivity contribution in [1.82, 2.24) is 5.32 Å². The van der Waals surface area contributed by atoms with Crippen LogP contribution in [0.25, 0.3) is 0 Å². The molecule has 0 spiro atoms. The molecule has 2 heteroatoms. The van der Waals surface area contributed by atoms with Gasteiger partial charge in [-0.1, -0.05) is 45.0 Å². The zero-order chi connectivity index (χ0) is 13.0. The number of ether oxygens (including phenoxy) is 1. The molecule has 0 bridgehead atoms. The molecule has 0 radical (unpaired) electrons. The Morgan fingerprint density at radius 3 is 2.33 bits per heavy atom. The van der Waals surface area contributed by atoms with Crippen molar-refractivity contribution >= 4 is 0 Å². The summed E-state index contributed by atoms with van der Waals surface area (Å²) in [5.41, 5.74) is 2.67. The van der Waals surface area contributed by atoms with Crippen LogP contribution in [-0.4, -0.2) is 13.2 Å². The average molecular weight is 245 g/mol. The summed E-state index contributed by atoms with van der Waals surface area (Å²) >= 11 is 0. The van der Waals surface area contributed by atoms with E-state index < -0.39 is 0 Å². The van der Waals surface area contributed by atoms with Crippen LogP contribution in [0.3, 0.4) is 0 Å². The predicted octanol–water partition coefficient (Wildman–Crippen LogP) is 3.76. The van der Waals surface area contributed by atoms with Gasteiger partial charge in [-0.15, -0.1) is 0 Å². The SMILES string of the molecule is CCNC(C1=CCCO1)c1ccc(C(C)C)cc1. The number of hydrogen-bond donors (Lipinski definition) is 1. The molecule has 0 aliphatic carbocycles. The maximum absolute atomic E-state index is 5.70. The van der Waals surface area contributed by atoms with Crippen LogP contribution in [0.2, 0.25) is 0 Å². The van der Waals surface area contributed by atoms with Gasteiger partial charge in [0.2, 0.25) is 0 Å². The first-order chi connectivity index (χ1) is 8.72. The van der Waals surface area contributed by atoms with Gasteiger partial charge in [0.15, 0.2) is 0 Å². The van der Waals surface area contributed by atoms with E-state index in [0.29, 0.717) is 5.92 Å². The summed E-state index contributed by atoms with van der Waals surface area (Å²) in [5, 5.41) is 3.50. The molecule has 1 atom stereocenters. The molecule has 1 unspecified atom stereocenters. The molecule has 1 aliphatic heterocycles. The van der Waals surface area contributed by atoms with Crippen molar-refractivity contribution in [3.63, 3.8) is 0 Å². The van der Waals surface area contributed by atoms with Gasteiger partial charge in [0.1, 0.15) is 5.76 Å². The van der Waals surface area contributed by atoms with Crippen LogP contribution < -0.4 is 5.32 Å². The lowest BCUT2D eigenvalue weighted by atomic mass is 9.98. The minimum atomic E-state index is 0.207. The molecule has 0 saturated carbocycles. The molecule has 0 amide bonds. The molecule has 0 saturated heterocycles. The summed E-state index contributed by atoms with van der Waals surface area (Å²) in [5.74, 6) is 1.66. The largest absolute Gasteiger partial charge is 0.496 e. The fraction of sp³-hybridized carbons (Fsp3) is 0.500. The molecule has 18 heavy (non-hydrogen) atoms. The van der Waals surface area contributed by atoms with Gasteiger partial charge in [-0.2, -0.15) is 0 Å². The van der Waals surface area contributed by atoms with Crippen molar-refractivity contribution < 1.29 is 4.74 Å². The van der Waals surface area contributed by atoms with E-state index in [1.54, 1.807) is 0 Å². The summed E-state index contributed by atoms with van der Waals surface area (Å²) < 4.78 is 5.70. The first kappa shape index (κ1) is 13.2. The van der Waals surface area contributed by atoms with Gasteiger partial charge in [-0.3, -0.25) is 0 Å². The molecule has 1 aliphatic rings. The van der Waals surface area contributed by atoms with Gasteiger partial charge in [0, 0.05) is 6.42 Å². The molecule has 98 valence electrons. The van der Waals surface area contributed by atoms with Gasteiger partial charge in [0.05, 0.1) is 12.6 Å². The smallest absolute Gasteiger partial charge is 0.114 e. The van der Waals surface area contributed by atoms with Crippen molar-refractivity contribution in [2.24, 2.45) is 0 Å². The van der Waals surface area contributed by atoms with Gasteiger partial charge in [-0.25, -0.2) is 0 Å². The van der Waals surface area contributed by atoms with Crippen LogP contribution in [-0.2, 0) is 4.74 Å². The standard InChI is InChI=1S/C16H23NO/c1-4-17-16(15-6-5-11-18-15)14-9-7-13(8-10-14)12(2)3/h6-10,12,16-17H,4-5,11H2,1-3H3. The van der Waals surface area contributed by atoms with Crippen LogP contribution in [0, 0.1) is 0 Å². The molecule has 2 rings (SSSR count). The zero-order valence-corrected chi connectivity index (χ0v) is 11.6. The van der Waals surface area contributed by atoms with E-state index in [1.165, 1.54) is 11.1 Å². The van der Waals surface area contributed by atoms with Crippen molar-refractivity contribution in [1.29, 1.82) is 0 Å². The van der Waals surface area contributed by atoms with Crippen LogP contribution >= 0.6 is 0 Å². The van der Waals surface area contributed by atoms with E-state index in [-0.39, 0.29) is 6.04 Å². The fourth-order valence-electron chi connectivity index (χ4n) is 2.30. The average Bonchev–Trinajstić information content (AvgIpc) is 2.90. The third kappa shape index (κ3) is 2.94. The Kier molecular flexibility index (Phi) is 4.43. The minimum absolute atomic E-state index is 0.207. The first-order valence-electron chi connectivity index (χ1n) is 6.88. The Morgan fingerprint density at radius 2 is 1.83 bits per heavy atom. The van der Waals surface area contributed by atoms with Gasteiger partial charge < -0.3 is 10.1 Å². The molecule has 1 aromatic carbocycles. The quantitative estimate of drug-likeness (QED) is 0.852.